The summed E-state index contributed by atoms with van der Waals surface area (Å²) in [5, 5.41) is 1.79. The summed E-state index contributed by atoms with van der Waals surface area (Å²) < 4.78 is 5.91. The molecule has 30 heavy (non-hydrogen) atoms. The quantitative estimate of drug-likeness (QED) is 0.448. The third-order valence-electron chi connectivity index (χ3n) is 4.51. The molecule has 7 heteroatoms. The van der Waals surface area contributed by atoms with Crippen LogP contribution < -0.4 is 15.2 Å². The van der Waals surface area contributed by atoms with Gasteiger partial charge in [-0.1, -0.05) is 71.7 Å². The van der Waals surface area contributed by atoms with Gasteiger partial charge in [-0.15, -0.1) is 0 Å². The molecule has 2 amide bonds. The van der Waals surface area contributed by atoms with Crippen molar-refractivity contribution >= 4 is 46.8 Å². The second kappa shape index (κ2) is 8.61. The Morgan fingerprint density at radius 2 is 1.63 bits per heavy atom. The maximum Gasteiger partial charge on any atom is 0.282 e. The molecule has 4 rings (SSSR count). The summed E-state index contributed by atoms with van der Waals surface area (Å²) in [6.45, 7) is 0.372. The van der Waals surface area contributed by atoms with E-state index in [4.69, 9.17) is 27.9 Å². The summed E-state index contributed by atoms with van der Waals surface area (Å²) >= 11 is 12.0. The summed E-state index contributed by atoms with van der Waals surface area (Å²) in [6, 6.07) is 21.6. The van der Waals surface area contributed by atoms with Crippen LogP contribution >= 0.6 is 23.2 Å². The predicted molar refractivity (Wildman–Crippen MR) is 117 cm³/mol. The molecule has 3 aromatic carbocycles. The molecule has 0 aliphatic carbocycles. The van der Waals surface area contributed by atoms with E-state index in [0.29, 0.717) is 28.6 Å². The summed E-state index contributed by atoms with van der Waals surface area (Å²) in [5.74, 6) is -0.428. The number of hydrazine groups is 1. The molecule has 1 saturated heterocycles. The van der Waals surface area contributed by atoms with E-state index in [9.17, 15) is 9.59 Å². The molecule has 1 N–H and O–H groups in total. The minimum absolute atomic E-state index is 0.00293. The lowest BCUT2D eigenvalue weighted by Gasteiger charge is -2.15. The molecule has 0 atom stereocenters. The van der Waals surface area contributed by atoms with Crippen molar-refractivity contribution in [3.63, 3.8) is 0 Å². The highest BCUT2D eigenvalue weighted by molar-refractivity contribution is 6.42. The SMILES string of the molecule is O=C1NN(c2ccc(Cl)c(Cl)c2)C(=O)/C1=C/c1ccccc1OCc1ccccc1. The molecule has 1 aliphatic heterocycles. The van der Waals surface area contributed by atoms with Crippen LogP contribution in [0.25, 0.3) is 6.08 Å². The number of carbonyl (C=O) groups excluding carboxylic acids is 2. The van der Waals surface area contributed by atoms with E-state index in [2.05, 4.69) is 5.43 Å². The zero-order valence-corrected chi connectivity index (χ0v) is 17.2. The number of nitrogens with one attached hydrogen (secondary N) is 1. The molecule has 0 unspecified atom stereocenters. The third-order valence-corrected chi connectivity index (χ3v) is 5.25. The maximum atomic E-state index is 12.9. The van der Waals surface area contributed by atoms with Gasteiger partial charge in [0.15, 0.2) is 0 Å². The van der Waals surface area contributed by atoms with Crippen LogP contribution in [0.2, 0.25) is 10.0 Å². The highest BCUT2D eigenvalue weighted by Crippen LogP contribution is 2.30. The van der Waals surface area contributed by atoms with Crippen molar-refractivity contribution in [1.82, 2.24) is 5.43 Å². The Morgan fingerprint density at radius 3 is 2.40 bits per heavy atom. The van der Waals surface area contributed by atoms with Crippen LogP contribution in [0.4, 0.5) is 5.69 Å². The minimum atomic E-state index is -0.510. The fraction of sp³-hybridized carbons (Fsp3) is 0.0435. The standard InChI is InChI=1S/C23H16Cl2N2O3/c24-19-11-10-17(13-20(19)25)27-23(29)18(22(28)26-27)12-16-8-4-5-9-21(16)30-14-15-6-2-1-3-7-15/h1-13H,14H2,(H,26,28)/b18-12+. The first-order valence-corrected chi connectivity index (χ1v) is 9.86. The molecule has 0 spiro atoms. The van der Waals surface area contributed by atoms with E-state index < -0.39 is 11.8 Å². The smallest absolute Gasteiger partial charge is 0.282 e. The lowest BCUT2D eigenvalue weighted by Crippen LogP contribution is -2.35. The molecule has 5 nitrogen and oxygen atoms in total. The number of anilines is 1. The fourth-order valence-electron chi connectivity index (χ4n) is 2.99. The molecule has 1 aliphatic rings. The average molecular weight is 439 g/mol. The van der Waals surface area contributed by atoms with Crippen molar-refractivity contribution in [3.05, 3.63) is 99.5 Å². The molecule has 3 aromatic rings. The van der Waals surface area contributed by atoms with Crippen molar-refractivity contribution in [2.24, 2.45) is 0 Å². The molecular formula is C23H16Cl2N2O3. The first-order valence-electron chi connectivity index (χ1n) is 9.11. The number of hydrogen-bond acceptors (Lipinski definition) is 3. The van der Waals surface area contributed by atoms with Gasteiger partial charge in [0.25, 0.3) is 11.8 Å². The second-order valence-electron chi connectivity index (χ2n) is 6.55. The molecule has 1 fully saturated rings. The Kier molecular flexibility index (Phi) is 5.74. The first kappa shape index (κ1) is 20.0. The van der Waals surface area contributed by atoms with Crippen LogP contribution in [0.3, 0.4) is 0 Å². The molecule has 0 radical (unpaired) electrons. The van der Waals surface area contributed by atoms with Gasteiger partial charge in [0.1, 0.15) is 17.9 Å². The number of nitrogens with zero attached hydrogens (tertiary/aromatic N) is 1. The van der Waals surface area contributed by atoms with Gasteiger partial charge in [0.05, 0.1) is 15.7 Å². The summed E-state index contributed by atoms with van der Waals surface area (Å²) in [4.78, 5) is 25.3. The van der Waals surface area contributed by atoms with Crippen LogP contribution in [0.5, 0.6) is 5.75 Å². The van der Waals surface area contributed by atoms with Gasteiger partial charge in [-0.2, -0.15) is 0 Å². The summed E-state index contributed by atoms with van der Waals surface area (Å²) in [6.07, 6.45) is 1.52. The molecule has 0 aromatic heterocycles. The van der Waals surface area contributed by atoms with Crippen LogP contribution in [0.15, 0.2) is 78.4 Å². The lowest BCUT2D eigenvalue weighted by atomic mass is 10.1. The monoisotopic (exact) mass is 438 g/mol. The third kappa shape index (κ3) is 4.17. The Morgan fingerprint density at radius 1 is 0.900 bits per heavy atom. The highest BCUT2D eigenvalue weighted by atomic mass is 35.5. The number of carbonyl (C=O) groups is 2. The molecular weight excluding hydrogens is 423 g/mol. The van der Waals surface area contributed by atoms with Crippen molar-refractivity contribution in [1.29, 1.82) is 0 Å². The van der Waals surface area contributed by atoms with E-state index in [-0.39, 0.29) is 10.6 Å². The lowest BCUT2D eigenvalue weighted by molar-refractivity contribution is -0.117. The van der Waals surface area contributed by atoms with E-state index >= 15 is 0 Å². The number of hydrogen-bond donors (Lipinski definition) is 1. The van der Waals surface area contributed by atoms with Gasteiger partial charge in [0, 0.05) is 5.56 Å². The summed E-state index contributed by atoms with van der Waals surface area (Å²) in [7, 11) is 0. The summed E-state index contributed by atoms with van der Waals surface area (Å²) in [5.41, 5.74) is 4.60. The zero-order chi connectivity index (χ0) is 21.1. The number of ether oxygens (including phenoxy) is 1. The second-order valence-corrected chi connectivity index (χ2v) is 7.36. The van der Waals surface area contributed by atoms with Gasteiger partial charge >= 0.3 is 0 Å². The van der Waals surface area contributed by atoms with E-state index in [1.165, 1.54) is 12.1 Å². The maximum absolute atomic E-state index is 12.9. The van der Waals surface area contributed by atoms with Crippen LogP contribution in [0.1, 0.15) is 11.1 Å². The van der Waals surface area contributed by atoms with Gasteiger partial charge in [0.2, 0.25) is 0 Å². The van der Waals surface area contributed by atoms with E-state index in [0.717, 1.165) is 10.6 Å². The fourth-order valence-corrected chi connectivity index (χ4v) is 3.28. The average Bonchev–Trinajstić information content (AvgIpc) is 3.04. The minimum Gasteiger partial charge on any atom is -0.488 e. The molecule has 0 bridgehead atoms. The number of amides is 2. The van der Waals surface area contributed by atoms with Crippen molar-refractivity contribution < 1.29 is 14.3 Å². The number of benzene rings is 3. The number of para-hydroxylation sites is 1. The van der Waals surface area contributed by atoms with Crippen LogP contribution in [0, 0.1) is 0 Å². The topological polar surface area (TPSA) is 58.6 Å². The Labute approximate surface area is 183 Å². The van der Waals surface area contributed by atoms with E-state index in [1.54, 1.807) is 24.3 Å². The Balaban J connectivity index is 1.59. The molecule has 1 heterocycles. The predicted octanol–water partition coefficient (Wildman–Crippen LogP) is 5.03. The van der Waals surface area contributed by atoms with Gasteiger partial charge in [-0.25, -0.2) is 5.01 Å². The Bertz CT molecular complexity index is 1150. The van der Waals surface area contributed by atoms with Crippen LogP contribution in [-0.4, -0.2) is 11.8 Å². The van der Waals surface area contributed by atoms with Gasteiger partial charge in [-0.05, 0) is 35.9 Å². The highest BCUT2D eigenvalue weighted by Gasteiger charge is 2.34. The molecule has 150 valence electrons. The first-order chi connectivity index (χ1) is 14.5. The number of rotatable bonds is 5. The molecule has 0 saturated carbocycles. The van der Waals surface area contributed by atoms with Crippen LogP contribution in [-0.2, 0) is 16.2 Å². The van der Waals surface area contributed by atoms with Crippen molar-refractivity contribution in [2.45, 2.75) is 6.61 Å². The van der Waals surface area contributed by atoms with Crippen molar-refractivity contribution in [3.8, 4) is 5.75 Å². The van der Waals surface area contributed by atoms with Gasteiger partial charge in [-0.3, -0.25) is 15.0 Å². The zero-order valence-electron chi connectivity index (χ0n) is 15.6. The largest absolute Gasteiger partial charge is 0.488 e. The Hall–Kier alpha value is -3.28. The van der Waals surface area contributed by atoms with Gasteiger partial charge < -0.3 is 4.74 Å². The number of halogens is 2. The van der Waals surface area contributed by atoms with E-state index in [1.807, 2.05) is 42.5 Å². The normalized spacial score (nSPS) is 14.9. The van der Waals surface area contributed by atoms with Crippen molar-refractivity contribution in [2.75, 3.05) is 5.01 Å².